The van der Waals surface area contributed by atoms with Gasteiger partial charge in [0.15, 0.2) is 0 Å². The van der Waals surface area contributed by atoms with Gasteiger partial charge >= 0.3 is 0 Å². The average Bonchev–Trinajstić information content (AvgIpc) is 2.76. The summed E-state index contributed by atoms with van der Waals surface area (Å²) in [6.45, 7) is 2.12. The van der Waals surface area contributed by atoms with Crippen molar-refractivity contribution in [1.82, 2.24) is 4.98 Å². The molecule has 1 aromatic heterocycles. The zero-order valence-electron chi connectivity index (χ0n) is 6.50. The third-order valence-corrected chi connectivity index (χ3v) is 3.28. The van der Waals surface area contributed by atoms with Gasteiger partial charge in [0, 0.05) is 5.92 Å². The highest BCUT2D eigenvalue weighted by molar-refractivity contribution is 7.11. The number of rotatable bonds is 2. The summed E-state index contributed by atoms with van der Waals surface area (Å²) < 4.78 is 0. The molecule has 2 nitrogen and oxygen atoms in total. The van der Waals surface area contributed by atoms with Crippen LogP contribution in [0.25, 0.3) is 0 Å². The molecule has 0 spiro atoms. The maximum Gasteiger partial charge on any atom is 0.0962 e. The third kappa shape index (κ3) is 1.30. The Kier molecular flexibility index (Phi) is 1.69. The molecule has 1 fully saturated rings. The third-order valence-electron chi connectivity index (χ3n) is 1.98. The van der Waals surface area contributed by atoms with Crippen LogP contribution >= 0.6 is 11.3 Å². The van der Waals surface area contributed by atoms with Crippen molar-refractivity contribution < 1.29 is 5.11 Å². The molecule has 1 N–H and O–H groups in total. The minimum Gasteiger partial charge on any atom is -0.391 e. The van der Waals surface area contributed by atoms with Crippen LogP contribution in [-0.4, -0.2) is 10.1 Å². The summed E-state index contributed by atoms with van der Waals surface area (Å²) in [4.78, 5) is 5.44. The zero-order valence-corrected chi connectivity index (χ0v) is 7.32. The summed E-state index contributed by atoms with van der Waals surface area (Å²) in [5.41, 5.74) is 1.01. The van der Waals surface area contributed by atoms with E-state index in [1.807, 2.05) is 6.92 Å². The van der Waals surface area contributed by atoms with Gasteiger partial charge in [0.1, 0.15) is 0 Å². The van der Waals surface area contributed by atoms with E-state index in [0.29, 0.717) is 0 Å². The van der Waals surface area contributed by atoms with E-state index < -0.39 is 0 Å². The van der Waals surface area contributed by atoms with Crippen LogP contribution in [0.4, 0.5) is 0 Å². The molecule has 0 saturated heterocycles. The molecule has 0 amide bonds. The van der Waals surface area contributed by atoms with Gasteiger partial charge in [0.25, 0.3) is 0 Å². The zero-order chi connectivity index (χ0) is 7.84. The predicted molar refractivity (Wildman–Crippen MR) is 44.7 cm³/mol. The quantitative estimate of drug-likeness (QED) is 0.732. The Morgan fingerprint density at radius 1 is 1.64 bits per heavy atom. The van der Waals surface area contributed by atoms with Crippen molar-refractivity contribution in [1.29, 1.82) is 0 Å². The molecule has 0 bridgehead atoms. The highest BCUT2D eigenvalue weighted by Crippen LogP contribution is 2.42. The molecule has 0 aliphatic heterocycles. The van der Waals surface area contributed by atoms with Crippen LogP contribution < -0.4 is 0 Å². The molecule has 0 aromatic carbocycles. The fourth-order valence-electron chi connectivity index (χ4n) is 1.10. The first-order valence-electron chi connectivity index (χ1n) is 3.88. The predicted octanol–water partition coefficient (Wildman–Crippen LogP) is 1.82. The standard InChI is InChI=1S/C8H11NOS/c1-5-7(4-10)11-8(9-5)6-2-3-6/h6,10H,2-4H2,1H3. The monoisotopic (exact) mass is 169 g/mol. The van der Waals surface area contributed by atoms with Crippen molar-refractivity contribution in [2.24, 2.45) is 0 Å². The molecule has 60 valence electrons. The molecule has 1 aliphatic rings. The number of aryl methyl sites for hydroxylation is 1. The Morgan fingerprint density at radius 3 is 2.82 bits per heavy atom. The number of hydrogen-bond acceptors (Lipinski definition) is 3. The van der Waals surface area contributed by atoms with E-state index in [1.165, 1.54) is 17.8 Å². The summed E-state index contributed by atoms with van der Waals surface area (Å²) in [7, 11) is 0. The van der Waals surface area contributed by atoms with Crippen molar-refractivity contribution in [3.05, 3.63) is 15.6 Å². The van der Waals surface area contributed by atoms with Gasteiger partial charge < -0.3 is 5.11 Å². The van der Waals surface area contributed by atoms with Crippen molar-refractivity contribution in [2.45, 2.75) is 32.3 Å². The van der Waals surface area contributed by atoms with Crippen LogP contribution in [0.5, 0.6) is 0 Å². The second kappa shape index (κ2) is 2.57. The van der Waals surface area contributed by atoms with Gasteiger partial charge in [-0.05, 0) is 19.8 Å². The van der Waals surface area contributed by atoms with Crippen LogP contribution in [0.1, 0.15) is 34.3 Å². The second-order valence-electron chi connectivity index (χ2n) is 2.99. The molecule has 1 aliphatic carbocycles. The summed E-state index contributed by atoms with van der Waals surface area (Å²) in [5.74, 6) is 0.721. The lowest BCUT2D eigenvalue weighted by atomic mass is 10.4. The first kappa shape index (κ1) is 7.25. The van der Waals surface area contributed by atoms with Crippen molar-refractivity contribution >= 4 is 11.3 Å². The van der Waals surface area contributed by atoms with Gasteiger partial charge in [-0.15, -0.1) is 11.3 Å². The van der Waals surface area contributed by atoms with Gasteiger partial charge in [-0.3, -0.25) is 0 Å². The number of aliphatic hydroxyl groups is 1. The fourth-order valence-corrected chi connectivity index (χ4v) is 2.20. The smallest absolute Gasteiger partial charge is 0.0962 e. The Balaban J connectivity index is 2.28. The van der Waals surface area contributed by atoms with E-state index in [1.54, 1.807) is 11.3 Å². The Hall–Kier alpha value is -0.410. The van der Waals surface area contributed by atoms with Crippen molar-refractivity contribution in [2.75, 3.05) is 0 Å². The van der Waals surface area contributed by atoms with E-state index >= 15 is 0 Å². The minimum absolute atomic E-state index is 0.149. The summed E-state index contributed by atoms with van der Waals surface area (Å²) in [6, 6.07) is 0. The molecule has 0 radical (unpaired) electrons. The molecule has 1 aromatic rings. The van der Waals surface area contributed by atoms with E-state index in [9.17, 15) is 0 Å². The van der Waals surface area contributed by atoms with Gasteiger partial charge in [0.05, 0.1) is 22.2 Å². The fraction of sp³-hybridized carbons (Fsp3) is 0.625. The summed E-state index contributed by atoms with van der Waals surface area (Å²) >= 11 is 1.67. The highest BCUT2D eigenvalue weighted by atomic mass is 32.1. The van der Waals surface area contributed by atoms with Gasteiger partial charge in [-0.25, -0.2) is 4.98 Å². The number of nitrogens with zero attached hydrogens (tertiary/aromatic N) is 1. The largest absolute Gasteiger partial charge is 0.391 e. The summed E-state index contributed by atoms with van der Waals surface area (Å²) in [6.07, 6.45) is 2.58. The van der Waals surface area contributed by atoms with Gasteiger partial charge in [-0.2, -0.15) is 0 Å². The lowest BCUT2D eigenvalue weighted by Crippen LogP contribution is -1.80. The molecule has 11 heavy (non-hydrogen) atoms. The second-order valence-corrected chi connectivity index (χ2v) is 4.11. The van der Waals surface area contributed by atoms with Gasteiger partial charge in [0.2, 0.25) is 0 Å². The normalized spacial score (nSPS) is 17.3. The van der Waals surface area contributed by atoms with Crippen LogP contribution in [0, 0.1) is 6.92 Å². The molecular weight excluding hydrogens is 158 g/mol. The Bertz CT molecular complexity index is 265. The number of thiazole rings is 1. The lowest BCUT2D eigenvalue weighted by molar-refractivity contribution is 0.284. The van der Waals surface area contributed by atoms with E-state index in [-0.39, 0.29) is 6.61 Å². The number of aliphatic hydroxyl groups excluding tert-OH is 1. The highest BCUT2D eigenvalue weighted by Gasteiger charge is 2.27. The van der Waals surface area contributed by atoms with E-state index in [2.05, 4.69) is 4.98 Å². The molecule has 1 saturated carbocycles. The molecular formula is C8H11NOS. The van der Waals surface area contributed by atoms with Crippen LogP contribution in [0.3, 0.4) is 0 Å². The van der Waals surface area contributed by atoms with Crippen LogP contribution in [-0.2, 0) is 6.61 Å². The molecule has 0 atom stereocenters. The van der Waals surface area contributed by atoms with Gasteiger partial charge in [-0.1, -0.05) is 0 Å². The topological polar surface area (TPSA) is 33.1 Å². The molecule has 2 rings (SSSR count). The minimum atomic E-state index is 0.149. The van der Waals surface area contributed by atoms with Crippen LogP contribution in [0.15, 0.2) is 0 Å². The first-order chi connectivity index (χ1) is 5.31. The first-order valence-corrected chi connectivity index (χ1v) is 4.70. The number of hydrogen-bond donors (Lipinski definition) is 1. The van der Waals surface area contributed by atoms with Crippen molar-refractivity contribution in [3.63, 3.8) is 0 Å². The lowest BCUT2D eigenvalue weighted by Gasteiger charge is -1.85. The Labute approximate surface area is 69.9 Å². The average molecular weight is 169 g/mol. The SMILES string of the molecule is Cc1nc(C2CC2)sc1CO. The van der Waals surface area contributed by atoms with E-state index in [4.69, 9.17) is 5.11 Å². The molecule has 1 heterocycles. The molecule has 0 unspecified atom stereocenters. The summed E-state index contributed by atoms with van der Waals surface area (Å²) in [5, 5.41) is 10.1. The van der Waals surface area contributed by atoms with E-state index in [0.717, 1.165) is 16.5 Å². The van der Waals surface area contributed by atoms with Crippen molar-refractivity contribution in [3.8, 4) is 0 Å². The Morgan fingerprint density at radius 2 is 2.36 bits per heavy atom. The number of aromatic nitrogens is 1. The maximum absolute atomic E-state index is 8.90. The van der Waals surface area contributed by atoms with Crippen LogP contribution in [0.2, 0.25) is 0 Å². The molecule has 3 heteroatoms. The maximum atomic E-state index is 8.90.